The molecule has 0 fully saturated rings. The number of carbonyl (C=O) groups is 1. The third kappa shape index (κ3) is 1.95. The topological polar surface area (TPSA) is 65.4 Å². The highest BCUT2D eigenvalue weighted by molar-refractivity contribution is 6.02. The molecule has 0 aromatic heterocycles. The van der Waals surface area contributed by atoms with Gasteiger partial charge in [0.2, 0.25) is 0 Å². The van der Waals surface area contributed by atoms with E-state index in [1.54, 1.807) is 19.1 Å². The third-order valence-electron chi connectivity index (χ3n) is 2.62. The van der Waals surface area contributed by atoms with E-state index in [-0.39, 0.29) is 5.91 Å². The molecule has 1 aliphatic rings. The van der Waals surface area contributed by atoms with Gasteiger partial charge in [-0.05, 0) is 31.7 Å². The minimum atomic E-state index is -0.614. The van der Waals surface area contributed by atoms with Crippen molar-refractivity contribution < 1.29 is 9.53 Å². The highest BCUT2D eigenvalue weighted by Gasteiger charge is 2.31. The van der Waals surface area contributed by atoms with Crippen LogP contribution in [0, 0.1) is 11.5 Å². The molecule has 0 spiro atoms. The van der Waals surface area contributed by atoms with Crippen LogP contribution in [0.2, 0.25) is 0 Å². The number of ether oxygens (including phenoxy) is 1. The van der Waals surface area contributed by atoms with Crippen molar-refractivity contribution in [3.05, 3.63) is 23.8 Å². The summed E-state index contributed by atoms with van der Waals surface area (Å²) in [6.45, 7) is 2.31. The van der Waals surface area contributed by atoms with Gasteiger partial charge in [0.15, 0.2) is 12.3 Å². The molecule has 1 heterocycles. The van der Waals surface area contributed by atoms with Gasteiger partial charge in [0, 0.05) is 6.54 Å². The second-order valence-corrected chi connectivity index (χ2v) is 3.87. The fourth-order valence-electron chi connectivity index (χ4n) is 1.80. The molecule has 17 heavy (non-hydrogen) atoms. The molecule has 0 saturated heterocycles. The maximum atomic E-state index is 11.8. The number of benzene rings is 1. The van der Waals surface area contributed by atoms with Crippen LogP contribution in [-0.4, -0.2) is 19.1 Å². The van der Waals surface area contributed by atoms with E-state index in [9.17, 15) is 4.79 Å². The van der Waals surface area contributed by atoms with Crippen LogP contribution in [0.5, 0.6) is 5.75 Å². The largest absolute Gasteiger partial charge is 0.479 e. The first-order valence-corrected chi connectivity index (χ1v) is 5.35. The summed E-state index contributed by atoms with van der Waals surface area (Å²) in [7, 11) is 1.84. The second kappa shape index (κ2) is 4.44. The Bertz CT molecular complexity index is 493. The fraction of sp³-hybridized carbons (Fsp3) is 0.333. The van der Waals surface area contributed by atoms with Gasteiger partial charge < -0.3 is 10.1 Å². The number of fused-ring (bicyclic) bond motifs is 1. The third-order valence-corrected chi connectivity index (χ3v) is 2.62. The molecule has 1 N–H and O–H groups in total. The van der Waals surface area contributed by atoms with E-state index in [0.717, 1.165) is 10.5 Å². The summed E-state index contributed by atoms with van der Waals surface area (Å²) in [6, 6.07) is 5.49. The molecule has 1 aromatic rings. The lowest BCUT2D eigenvalue weighted by atomic mass is 10.1. The van der Waals surface area contributed by atoms with Crippen molar-refractivity contribution in [1.82, 2.24) is 5.32 Å². The second-order valence-electron chi connectivity index (χ2n) is 3.87. The van der Waals surface area contributed by atoms with Gasteiger partial charge in [-0.15, -0.1) is 0 Å². The fourth-order valence-corrected chi connectivity index (χ4v) is 1.80. The molecule has 5 nitrogen and oxygen atoms in total. The SMILES string of the molecule is CNCc1ccc2c(c1)N(C#N)C(=O)C(C)O2. The Hall–Kier alpha value is -2.06. The number of hydrogen-bond acceptors (Lipinski definition) is 4. The zero-order valence-corrected chi connectivity index (χ0v) is 9.73. The zero-order valence-electron chi connectivity index (χ0n) is 9.73. The van der Waals surface area contributed by atoms with E-state index >= 15 is 0 Å². The summed E-state index contributed by atoms with van der Waals surface area (Å²) in [5.74, 6) is 0.236. The molecule has 1 unspecified atom stereocenters. The Balaban J connectivity index is 2.45. The van der Waals surface area contributed by atoms with E-state index in [2.05, 4.69) is 5.32 Å². The summed E-state index contributed by atoms with van der Waals surface area (Å²) in [5.41, 5.74) is 1.51. The van der Waals surface area contributed by atoms with Crippen molar-refractivity contribution in [2.24, 2.45) is 0 Å². The molecule has 2 rings (SSSR count). The summed E-state index contributed by atoms with van der Waals surface area (Å²) in [6.07, 6.45) is 1.28. The van der Waals surface area contributed by atoms with Crippen LogP contribution in [0.15, 0.2) is 18.2 Å². The highest BCUT2D eigenvalue weighted by Crippen LogP contribution is 2.34. The molecule has 0 saturated carbocycles. The molecule has 1 atom stereocenters. The average molecular weight is 231 g/mol. The predicted octanol–water partition coefficient (Wildman–Crippen LogP) is 1.00. The van der Waals surface area contributed by atoms with Crippen molar-refractivity contribution in [1.29, 1.82) is 5.26 Å². The van der Waals surface area contributed by atoms with Gasteiger partial charge in [-0.1, -0.05) is 6.07 Å². The van der Waals surface area contributed by atoms with Gasteiger partial charge in [0.1, 0.15) is 11.4 Å². The molecule has 0 aliphatic carbocycles. The summed E-state index contributed by atoms with van der Waals surface area (Å²) in [4.78, 5) is 12.8. The Kier molecular flexibility index (Phi) is 2.98. The van der Waals surface area contributed by atoms with Gasteiger partial charge in [-0.2, -0.15) is 5.26 Å². The van der Waals surface area contributed by atoms with Crippen LogP contribution in [-0.2, 0) is 11.3 Å². The number of rotatable bonds is 2. The van der Waals surface area contributed by atoms with E-state index in [0.29, 0.717) is 18.0 Å². The first-order valence-electron chi connectivity index (χ1n) is 5.35. The quantitative estimate of drug-likeness (QED) is 0.771. The summed E-state index contributed by atoms with van der Waals surface area (Å²) in [5, 5.41) is 12.0. The Morgan fingerprint density at radius 1 is 1.59 bits per heavy atom. The number of anilines is 1. The molecule has 88 valence electrons. The number of nitriles is 1. The molecule has 0 bridgehead atoms. The van der Waals surface area contributed by atoms with E-state index in [1.165, 1.54) is 0 Å². The first kappa shape index (κ1) is 11.4. The maximum absolute atomic E-state index is 11.8. The molecule has 5 heteroatoms. The lowest BCUT2D eigenvalue weighted by Gasteiger charge is -2.28. The van der Waals surface area contributed by atoms with E-state index < -0.39 is 6.10 Å². The van der Waals surface area contributed by atoms with Gasteiger partial charge in [-0.3, -0.25) is 4.79 Å². The van der Waals surface area contributed by atoms with Crippen LogP contribution in [0.3, 0.4) is 0 Å². The highest BCUT2D eigenvalue weighted by atomic mass is 16.5. The standard InChI is InChI=1S/C12H13N3O2/c1-8-12(16)15(7-13)10-5-9(6-14-2)3-4-11(10)17-8/h3-5,8,14H,6H2,1-2H3. The molecular weight excluding hydrogens is 218 g/mol. The molecule has 1 aliphatic heterocycles. The van der Waals surface area contributed by atoms with Gasteiger partial charge in [0.25, 0.3) is 5.91 Å². The van der Waals surface area contributed by atoms with E-state index in [4.69, 9.17) is 10.00 Å². The molecule has 0 radical (unpaired) electrons. The summed E-state index contributed by atoms with van der Waals surface area (Å²) >= 11 is 0. The van der Waals surface area contributed by atoms with Gasteiger partial charge in [-0.25, -0.2) is 4.90 Å². The van der Waals surface area contributed by atoms with Crippen LogP contribution in [0.1, 0.15) is 12.5 Å². The molecule has 1 amide bonds. The van der Waals surface area contributed by atoms with Crippen molar-refractivity contribution >= 4 is 11.6 Å². The maximum Gasteiger partial charge on any atom is 0.281 e. The molecule has 1 aromatic carbocycles. The number of carbonyl (C=O) groups excluding carboxylic acids is 1. The van der Waals surface area contributed by atoms with Crippen molar-refractivity contribution in [2.75, 3.05) is 11.9 Å². The van der Waals surface area contributed by atoms with Crippen molar-refractivity contribution in [3.8, 4) is 11.9 Å². The summed E-state index contributed by atoms with van der Waals surface area (Å²) < 4.78 is 5.45. The Labute approximate surface area is 99.6 Å². The van der Waals surface area contributed by atoms with Crippen LogP contribution >= 0.6 is 0 Å². The molecular formula is C12H13N3O2. The van der Waals surface area contributed by atoms with Gasteiger partial charge >= 0.3 is 0 Å². The number of nitrogens with zero attached hydrogens (tertiary/aromatic N) is 2. The van der Waals surface area contributed by atoms with Crippen LogP contribution < -0.4 is 15.0 Å². The lowest BCUT2D eigenvalue weighted by Crippen LogP contribution is -2.41. The van der Waals surface area contributed by atoms with Crippen LogP contribution in [0.25, 0.3) is 0 Å². The first-order chi connectivity index (χ1) is 8.17. The number of amides is 1. The van der Waals surface area contributed by atoms with E-state index in [1.807, 2.05) is 19.3 Å². The van der Waals surface area contributed by atoms with Crippen molar-refractivity contribution in [3.63, 3.8) is 0 Å². The predicted molar refractivity (Wildman–Crippen MR) is 62.4 cm³/mol. The monoisotopic (exact) mass is 231 g/mol. The van der Waals surface area contributed by atoms with Gasteiger partial charge in [0.05, 0.1) is 0 Å². The minimum absolute atomic E-state index is 0.332. The number of hydrogen-bond donors (Lipinski definition) is 1. The smallest absolute Gasteiger partial charge is 0.281 e. The van der Waals surface area contributed by atoms with Crippen LogP contribution in [0.4, 0.5) is 5.69 Å². The lowest BCUT2D eigenvalue weighted by molar-refractivity contribution is -0.124. The Morgan fingerprint density at radius 2 is 2.35 bits per heavy atom. The zero-order chi connectivity index (χ0) is 12.4. The Morgan fingerprint density at radius 3 is 3.00 bits per heavy atom. The number of nitrogens with one attached hydrogen (secondary N) is 1. The average Bonchev–Trinajstić information content (AvgIpc) is 2.32. The minimum Gasteiger partial charge on any atom is -0.479 e. The normalized spacial score (nSPS) is 18.3. The van der Waals surface area contributed by atoms with Crippen molar-refractivity contribution in [2.45, 2.75) is 19.6 Å².